The number of allylic oxidation sites excluding steroid dienone is 2. The number of Topliss-reactive ketones (excluding diaryl/α,β-unsaturated/α-hetero) is 1. The van der Waals surface area contributed by atoms with Gasteiger partial charge in [0.2, 0.25) is 0 Å². The molecule has 0 saturated carbocycles. The molecule has 0 saturated heterocycles. The second-order valence-corrected chi connectivity index (χ2v) is 4.93. The Morgan fingerprint density at radius 1 is 1.60 bits per heavy atom. The molecule has 15 heavy (non-hydrogen) atoms. The molecule has 0 radical (unpaired) electrons. The van der Waals surface area contributed by atoms with Crippen molar-refractivity contribution in [1.29, 1.82) is 0 Å². The lowest BCUT2D eigenvalue weighted by Crippen LogP contribution is -2.07. The molecule has 0 aromatic carbocycles. The molecule has 1 aliphatic carbocycles. The predicted octanol–water partition coefficient (Wildman–Crippen LogP) is 2.56. The Morgan fingerprint density at radius 2 is 2.27 bits per heavy atom. The Bertz CT molecular complexity index is 401. The van der Waals surface area contributed by atoms with E-state index in [1.165, 1.54) is 0 Å². The zero-order chi connectivity index (χ0) is 10.8. The summed E-state index contributed by atoms with van der Waals surface area (Å²) in [6.07, 6.45) is 8.73. The summed E-state index contributed by atoms with van der Waals surface area (Å²) in [6, 6.07) is 0. The molecule has 0 aliphatic heterocycles. The van der Waals surface area contributed by atoms with Crippen LogP contribution in [0.15, 0.2) is 18.3 Å². The van der Waals surface area contributed by atoms with Crippen LogP contribution in [0.1, 0.15) is 29.6 Å². The monoisotopic (exact) mass is 316 g/mol. The molecule has 0 atom stereocenters. The van der Waals surface area contributed by atoms with E-state index >= 15 is 0 Å². The molecule has 80 valence electrons. The molecular formula is C11H13IN2O. The van der Waals surface area contributed by atoms with Crippen LogP contribution in [0.2, 0.25) is 0 Å². The standard InChI is InChI=1S/C11H13IN2O/c1-14-11(12)9(7-13-14)10(15)6-8-4-2-3-5-8/h2-3,7-8H,4-6H2,1H3. The number of aromatic nitrogens is 2. The minimum atomic E-state index is 0.223. The van der Waals surface area contributed by atoms with Crippen molar-refractivity contribution in [3.63, 3.8) is 0 Å². The van der Waals surface area contributed by atoms with E-state index in [0.717, 1.165) is 22.1 Å². The van der Waals surface area contributed by atoms with Crippen LogP contribution >= 0.6 is 22.6 Å². The van der Waals surface area contributed by atoms with E-state index in [1.54, 1.807) is 10.9 Å². The highest BCUT2D eigenvalue weighted by Crippen LogP contribution is 2.24. The first-order valence-electron chi connectivity index (χ1n) is 5.04. The third-order valence-corrected chi connectivity index (χ3v) is 4.03. The molecule has 2 rings (SSSR count). The molecule has 0 amide bonds. The van der Waals surface area contributed by atoms with Gasteiger partial charge in [0.15, 0.2) is 5.78 Å². The van der Waals surface area contributed by atoms with Crippen LogP contribution in [0.25, 0.3) is 0 Å². The van der Waals surface area contributed by atoms with Gasteiger partial charge in [-0.25, -0.2) is 0 Å². The van der Waals surface area contributed by atoms with Crippen LogP contribution < -0.4 is 0 Å². The first kappa shape index (κ1) is 10.9. The highest BCUT2D eigenvalue weighted by Gasteiger charge is 2.19. The molecule has 0 N–H and O–H groups in total. The van der Waals surface area contributed by atoms with Gasteiger partial charge in [0.05, 0.1) is 11.8 Å². The minimum absolute atomic E-state index is 0.223. The number of carbonyl (C=O) groups excluding carboxylic acids is 1. The van der Waals surface area contributed by atoms with Crippen molar-refractivity contribution < 1.29 is 4.79 Å². The number of nitrogens with zero attached hydrogens (tertiary/aromatic N) is 2. The van der Waals surface area contributed by atoms with E-state index in [9.17, 15) is 4.79 Å². The Morgan fingerprint density at radius 3 is 2.80 bits per heavy atom. The molecular weight excluding hydrogens is 303 g/mol. The van der Waals surface area contributed by atoms with Crippen LogP contribution in [-0.2, 0) is 7.05 Å². The van der Waals surface area contributed by atoms with Crippen LogP contribution in [0.4, 0.5) is 0 Å². The maximum atomic E-state index is 11.9. The van der Waals surface area contributed by atoms with Crippen molar-refractivity contribution >= 4 is 28.4 Å². The van der Waals surface area contributed by atoms with E-state index in [0.29, 0.717) is 12.3 Å². The molecule has 0 bridgehead atoms. The number of hydrogen-bond donors (Lipinski definition) is 0. The molecule has 0 fully saturated rings. The van der Waals surface area contributed by atoms with Crippen LogP contribution in [0, 0.1) is 9.62 Å². The zero-order valence-corrected chi connectivity index (χ0v) is 10.8. The molecule has 0 unspecified atom stereocenters. The highest BCUT2D eigenvalue weighted by molar-refractivity contribution is 14.1. The Balaban J connectivity index is 2.04. The number of aryl methyl sites for hydroxylation is 1. The van der Waals surface area contributed by atoms with Gasteiger partial charge in [-0.15, -0.1) is 0 Å². The van der Waals surface area contributed by atoms with Gasteiger partial charge in [0.1, 0.15) is 3.70 Å². The summed E-state index contributed by atoms with van der Waals surface area (Å²) in [7, 11) is 1.86. The van der Waals surface area contributed by atoms with Gasteiger partial charge in [-0.2, -0.15) is 5.10 Å². The topological polar surface area (TPSA) is 34.9 Å². The normalized spacial score (nSPS) is 16.1. The molecule has 1 aliphatic rings. The summed E-state index contributed by atoms with van der Waals surface area (Å²) in [5, 5.41) is 4.08. The van der Waals surface area contributed by atoms with Gasteiger partial charge in [-0.1, -0.05) is 12.2 Å². The van der Waals surface area contributed by atoms with Crippen molar-refractivity contribution in [3.8, 4) is 0 Å². The summed E-state index contributed by atoms with van der Waals surface area (Å²) >= 11 is 2.17. The van der Waals surface area contributed by atoms with E-state index in [4.69, 9.17) is 0 Å². The van der Waals surface area contributed by atoms with Gasteiger partial charge in [0.25, 0.3) is 0 Å². The van der Waals surface area contributed by atoms with E-state index in [2.05, 4.69) is 39.8 Å². The lowest BCUT2D eigenvalue weighted by molar-refractivity contribution is 0.0962. The minimum Gasteiger partial charge on any atom is -0.294 e. The first-order chi connectivity index (χ1) is 7.18. The molecule has 1 aromatic rings. The van der Waals surface area contributed by atoms with Gasteiger partial charge >= 0.3 is 0 Å². The summed E-state index contributed by atoms with van der Waals surface area (Å²) < 4.78 is 2.67. The fourth-order valence-electron chi connectivity index (χ4n) is 1.82. The first-order valence-corrected chi connectivity index (χ1v) is 6.12. The average molecular weight is 316 g/mol. The number of carbonyl (C=O) groups is 1. The number of hydrogen-bond acceptors (Lipinski definition) is 2. The lowest BCUT2D eigenvalue weighted by atomic mass is 9.98. The summed E-state index contributed by atoms with van der Waals surface area (Å²) in [5.41, 5.74) is 0.769. The molecule has 3 nitrogen and oxygen atoms in total. The summed E-state index contributed by atoms with van der Waals surface area (Å²) in [6.45, 7) is 0. The fraction of sp³-hybridized carbons (Fsp3) is 0.455. The quantitative estimate of drug-likeness (QED) is 0.488. The maximum absolute atomic E-state index is 11.9. The smallest absolute Gasteiger partial charge is 0.167 e. The summed E-state index contributed by atoms with van der Waals surface area (Å²) in [4.78, 5) is 11.9. The van der Waals surface area contributed by atoms with Crippen molar-refractivity contribution in [3.05, 3.63) is 27.6 Å². The van der Waals surface area contributed by atoms with Gasteiger partial charge in [-0.05, 0) is 41.4 Å². The SMILES string of the molecule is Cn1ncc(C(=O)CC2CC=CC2)c1I. The van der Waals surface area contributed by atoms with Crippen molar-refractivity contribution in [1.82, 2.24) is 9.78 Å². The Kier molecular flexibility index (Phi) is 3.23. The Labute approximate surface area is 103 Å². The van der Waals surface area contributed by atoms with Crippen molar-refractivity contribution in [2.75, 3.05) is 0 Å². The fourth-order valence-corrected chi connectivity index (χ4v) is 2.39. The second-order valence-electron chi connectivity index (χ2n) is 3.91. The van der Waals surface area contributed by atoms with E-state index in [1.807, 2.05) is 7.05 Å². The molecule has 4 heteroatoms. The van der Waals surface area contributed by atoms with Crippen LogP contribution in [0.5, 0.6) is 0 Å². The molecule has 1 aromatic heterocycles. The number of ketones is 1. The lowest BCUT2D eigenvalue weighted by Gasteiger charge is -2.06. The largest absolute Gasteiger partial charge is 0.294 e. The molecule has 0 spiro atoms. The van der Waals surface area contributed by atoms with Gasteiger partial charge < -0.3 is 0 Å². The maximum Gasteiger partial charge on any atom is 0.167 e. The molecule has 1 heterocycles. The van der Waals surface area contributed by atoms with E-state index in [-0.39, 0.29) is 5.78 Å². The second kappa shape index (κ2) is 4.47. The van der Waals surface area contributed by atoms with Crippen LogP contribution in [0.3, 0.4) is 0 Å². The van der Waals surface area contributed by atoms with Crippen molar-refractivity contribution in [2.24, 2.45) is 13.0 Å². The third-order valence-electron chi connectivity index (χ3n) is 2.75. The Hall–Kier alpha value is -0.650. The van der Waals surface area contributed by atoms with Gasteiger partial charge in [0, 0.05) is 13.5 Å². The van der Waals surface area contributed by atoms with E-state index < -0.39 is 0 Å². The van der Waals surface area contributed by atoms with Crippen LogP contribution in [-0.4, -0.2) is 15.6 Å². The van der Waals surface area contributed by atoms with Crippen molar-refractivity contribution in [2.45, 2.75) is 19.3 Å². The number of rotatable bonds is 3. The number of halogens is 1. The van der Waals surface area contributed by atoms with Gasteiger partial charge in [-0.3, -0.25) is 9.48 Å². The summed E-state index contributed by atoms with van der Waals surface area (Å²) in [5.74, 6) is 0.731. The highest BCUT2D eigenvalue weighted by atomic mass is 127. The predicted molar refractivity (Wildman–Crippen MR) is 66.7 cm³/mol. The zero-order valence-electron chi connectivity index (χ0n) is 8.61. The third kappa shape index (κ3) is 2.30. The average Bonchev–Trinajstić information content (AvgIpc) is 2.79.